The van der Waals surface area contributed by atoms with E-state index in [-0.39, 0.29) is 11.4 Å². The van der Waals surface area contributed by atoms with Crippen molar-refractivity contribution in [3.63, 3.8) is 0 Å². The molecule has 6 nitrogen and oxygen atoms in total. The molecular weight excluding hydrogens is 480 g/mol. The van der Waals surface area contributed by atoms with Crippen molar-refractivity contribution in [3.05, 3.63) is 87.3 Å². The lowest BCUT2D eigenvalue weighted by Gasteiger charge is -2.24. The zero-order chi connectivity index (χ0) is 24.5. The molecule has 35 heavy (non-hydrogen) atoms. The summed E-state index contributed by atoms with van der Waals surface area (Å²) in [6.45, 7) is 4.72. The fourth-order valence-corrected chi connectivity index (χ4v) is 5.87. The predicted molar refractivity (Wildman–Crippen MR) is 140 cm³/mol. The number of benzene rings is 2. The molecule has 0 spiro atoms. The molecule has 4 aromatic rings. The lowest BCUT2D eigenvalue weighted by molar-refractivity contribution is -0.117. The average molecular weight is 505 g/mol. The molecular formula is C27H24N2O4S2. The van der Waals surface area contributed by atoms with Gasteiger partial charge >= 0.3 is 0 Å². The Morgan fingerprint density at radius 2 is 1.94 bits per heavy atom. The lowest BCUT2D eigenvalue weighted by Crippen LogP contribution is -2.30. The van der Waals surface area contributed by atoms with E-state index in [1.165, 1.54) is 33.1 Å². The summed E-state index contributed by atoms with van der Waals surface area (Å²) >= 11 is 2.65. The Bertz CT molecular complexity index is 1420. The summed E-state index contributed by atoms with van der Waals surface area (Å²) in [4.78, 5) is 33.5. The molecule has 2 aromatic carbocycles. The first-order chi connectivity index (χ1) is 17.0. The molecule has 0 aliphatic carbocycles. The number of Topliss-reactive ketones (excluding diaryl/α,β-unsaturated/α-hetero) is 1. The number of hydrogen-bond acceptors (Lipinski definition) is 7. The molecule has 5 rings (SSSR count). The molecule has 0 bridgehead atoms. The van der Waals surface area contributed by atoms with Gasteiger partial charge < -0.3 is 9.84 Å². The van der Waals surface area contributed by atoms with Gasteiger partial charge in [-0.25, -0.2) is 4.98 Å². The van der Waals surface area contributed by atoms with E-state index in [1.807, 2.05) is 43.3 Å². The van der Waals surface area contributed by atoms with E-state index in [4.69, 9.17) is 9.72 Å². The Morgan fingerprint density at radius 1 is 1.14 bits per heavy atom. The summed E-state index contributed by atoms with van der Waals surface area (Å²) < 4.78 is 6.65. The van der Waals surface area contributed by atoms with Crippen LogP contribution in [0.25, 0.3) is 10.2 Å². The van der Waals surface area contributed by atoms with Gasteiger partial charge in [-0.15, -0.1) is 11.3 Å². The van der Waals surface area contributed by atoms with E-state index in [2.05, 4.69) is 13.0 Å². The fraction of sp³-hybridized carbons (Fsp3) is 0.222. The molecule has 1 amide bonds. The zero-order valence-electron chi connectivity index (χ0n) is 19.4. The van der Waals surface area contributed by atoms with Crippen LogP contribution in [0.2, 0.25) is 0 Å². The minimum absolute atomic E-state index is 0.0631. The van der Waals surface area contributed by atoms with Crippen molar-refractivity contribution < 1.29 is 19.4 Å². The van der Waals surface area contributed by atoms with Gasteiger partial charge in [-0.05, 0) is 59.7 Å². The first kappa shape index (κ1) is 23.3. The van der Waals surface area contributed by atoms with Crippen LogP contribution in [-0.4, -0.2) is 28.4 Å². The lowest BCUT2D eigenvalue weighted by atomic mass is 9.95. The summed E-state index contributed by atoms with van der Waals surface area (Å²) in [5.41, 5.74) is 2.71. The second-order valence-corrected chi connectivity index (χ2v) is 10.2. The Kier molecular flexibility index (Phi) is 6.40. The molecule has 1 aliphatic heterocycles. The van der Waals surface area contributed by atoms with Gasteiger partial charge in [0.2, 0.25) is 5.78 Å². The van der Waals surface area contributed by atoms with E-state index in [9.17, 15) is 14.7 Å². The molecule has 2 aromatic heterocycles. The van der Waals surface area contributed by atoms with Crippen molar-refractivity contribution in [1.82, 2.24) is 4.98 Å². The van der Waals surface area contributed by atoms with Crippen molar-refractivity contribution in [2.45, 2.75) is 32.7 Å². The smallest absolute Gasteiger partial charge is 0.296 e. The number of anilines is 1. The number of aliphatic hydroxyl groups excluding tert-OH is 1. The highest BCUT2D eigenvalue weighted by Gasteiger charge is 2.46. The molecule has 1 N–H and O–H groups in total. The highest BCUT2D eigenvalue weighted by Crippen LogP contribution is 2.44. The number of hydrogen-bond donors (Lipinski definition) is 1. The largest absolute Gasteiger partial charge is 0.503 e. The number of amides is 1. The van der Waals surface area contributed by atoms with E-state index >= 15 is 0 Å². The number of aliphatic hydroxyl groups is 1. The maximum absolute atomic E-state index is 13.5. The number of rotatable bonds is 8. The average Bonchev–Trinajstić information content (AvgIpc) is 3.61. The number of nitrogens with zero attached hydrogens (tertiary/aromatic N) is 2. The van der Waals surface area contributed by atoms with Crippen LogP contribution in [0.5, 0.6) is 5.75 Å². The Labute approximate surface area is 211 Å². The molecule has 1 atom stereocenters. The molecule has 3 heterocycles. The number of fused-ring (bicyclic) bond motifs is 1. The molecule has 8 heteroatoms. The highest BCUT2D eigenvalue weighted by atomic mass is 32.1. The third kappa shape index (κ3) is 4.24. The van der Waals surface area contributed by atoms with E-state index in [1.54, 1.807) is 17.5 Å². The number of thiazole rings is 1. The number of aromatic nitrogens is 1. The van der Waals surface area contributed by atoms with Gasteiger partial charge in [-0.3, -0.25) is 14.5 Å². The normalized spacial score (nSPS) is 15.9. The van der Waals surface area contributed by atoms with E-state index in [0.29, 0.717) is 27.9 Å². The first-order valence-corrected chi connectivity index (χ1v) is 13.2. The predicted octanol–water partition coefficient (Wildman–Crippen LogP) is 6.49. The van der Waals surface area contributed by atoms with E-state index < -0.39 is 17.7 Å². The SMILES string of the molecule is CCCOc1ccc([C@H]2C(C(=O)c3cccs3)=C(O)C(=O)N2c2nc3ccc(CC)cc3s2)cc1. The highest BCUT2D eigenvalue weighted by molar-refractivity contribution is 7.22. The van der Waals surface area contributed by atoms with Crippen LogP contribution in [0.3, 0.4) is 0 Å². The number of aryl methyl sites for hydroxylation is 1. The van der Waals surface area contributed by atoms with Crippen molar-refractivity contribution in [3.8, 4) is 5.75 Å². The first-order valence-electron chi connectivity index (χ1n) is 11.5. The monoisotopic (exact) mass is 504 g/mol. The molecule has 178 valence electrons. The van der Waals surface area contributed by atoms with Crippen LogP contribution in [-0.2, 0) is 11.2 Å². The van der Waals surface area contributed by atoms with Gasteiger partial charge in [-0.2, -0.15) is 0 Å². The van der Waals surface area contributed by atoms with Gasteiger partial charge in [0.1, 0.15) is 5.75 Å². The Hall–Kier alpha value is -3.49. The minimum atomic E-state index is -0.802. The van der Waals surface area contributed by atoms with Crippen LogP contribution in [0.4, 0.5) is 5.13 Å². The van der Waals surface area contributed by atoms with E-state index in [0.717, 1.165) is 23.1 Å². The molecule has 0 unspecified atom stereocenters. The van der Waals surface area contributed by atoms with Crippen LogP contribution in [0, 0.1) is 0 Å². The standard InChI is InChI=1S/C27H24N2O4S2/c1-3-13-33-18-10-8-17(9-11-18)23-22(24(30)20-6-5-14-34-20)25(31)26(32)29(23)27-28-19-12-7-16(4-2)15-21(19)35-27/h5-12,14-15,23,31H,3-4,13H2,1-2H3/t23-/m0/s1. The summed E-state index contributed by atoms with van der Waals surface area (Å²) in [6.07, 6.45) is 1.78. The van der Waals surface area contributed by atoms with Crippen LogP contribution in [0.1, 0.15) is 47.1 Å². The number of ether oxygens (including phenoxy) is 1. The zero-order valence-corrected chi connectivity index (χ0v) is 21.0. The second-order valence-electron chi connectivity index (χ2n) is 8.22. The van der Waals surface area contributed by atoms with Gasteiger partial charge in [0, 0.05) is 0 Å². The van der Waals surface area contributed by atoms with Crippen molar-refractivity contribution in [1.29, 1.82) is 0 Å². The quantitative estimate of drug-likeness (QED) is 0.277. The van der Waals surface area contributed by atoms with Crippen molar-refractivity contribution >= 4 is 49.7 Å². The Balaban J connectivity index is 1.61. The van der Waals surface area contributed by atoms with Gasteiger partial charge in [0.05, 0.1) is 33.3 Å². The summed E-state index contributed by atoms with van der Waals surface area (Å²) in [7, 11) is 0. The number of carbonyl (C=O) groups is 2. The van der Waals surface area contributed by atoms with Gasteiger partial charge in [0.15, 0.2) is 10.9 Å². The minimum Gasteiger partial charge on any atom is -0.503 e. The molecule has 0 saturated heterocycles. The fourth-order valence-electron chi connectivity index (χ4n) is 4.14. The van der Waals surface area contributed by atoms with Gasteiger partial charge in [-0.1, -0.05) is 49.4 Å². The number of thiophene rings is 1. The molecule has 0 radical (unpaired) electrons. The van der Waals surface area contributed by atoms with Crippen LogP contribution >= 0.6 is 22.7 Å². The third-order valence-electron chi connectivity index (χ3n) is 5.92. The van der Waals surface area contributed by atoms with Crippen molar-refractivity contribution in [2.75, 3.05) is 11.5 Å². The second kappa shape index (κ2) is 9.64. The van der Waals surface area contributed by atoms with Crippen LogP contribution < -0.4 is 9.64 Å². The summed E-state index contributed by atoms with van der Waals surface area (Å²) in [5, 5.41) is 13.2. The van der Waals surface area contributed by atoms with Crippen LogP contribution in [0.15, 0.2) is 71.3 Å². The van der Waals surface area contributed by atoms with Crippen molar-refractivity contribution in [2.24, 2.45) is 0 Å². The maximum Gasteiger partial charge on any atom is 0.296 e. The molecule has 0 saturated carbocycles. The number of carbonyl (C=O) groups excluding carboxylic acids is 2. The third-order valence-corrected chi connectivity index (χ3v) is 7.81. The Morgan fingerprint density at radius 3 is 2.63 bits per heavy atom. The van der Waals surface area contributed by atoms with Gasteiger partial charge in [0.25, 0.3) is 5.91 Å². The molecule has 0 fully saturated rings. The maximum atomic E-state index is 13.5. The molecule has 1 aliphatic rings. The number of ketones is 1. The topological polar surface area (TPSA) is 79.7 Å². The summed E-state index contributed by atoms with van der Waals surface area (Å²) in [5.74, 6) is -0.818. The summed E-state index contributed by atoms with van der Waals surface area (Å²) in [6, 6.07) is 16.0.